The molecule has 0 amide bonds. The summed E-state index contributed by atoms with van der Waals surface area (Å²) in [5.74, 6) is 0.604. The van der Waals surface area contributed by atoms with E-state index < -0.39 is 11.9 Å². The fourth-order valence-electron chi connectivity index (χ4n) is 3.17. The summed E-state index contributed by atoms with van der Waals surface area (Å²) < 4.78 is 22.0. The van der Waals surface area contributed by atoms with E-state index in [4.69, 9.17) is 18.9 Å². The van der Waals surface area contributed by atoms with Gasteiger partial charge in [-0.1, -0.05) is 54.6 Å². The molecule has 0 radical (unpaired) electrons. The van der Waals surface area contributed by atoms with Gasteiger partial charge in [-0.2, -0.15) is 0 Å². The zero-order valence-electron chi connectivity index (χ0n) is 18.5. The van der Waals surface area contributed by atoms with Crippen LogP contribution < -0.4 is 18.9 Å². The second kappa shape index (κ2) is 10.8. The van der Waals surface area contributed by atoms with Gasteiger partial charge in [0.2, 0.25) is 0 Å². The Hall–Kier alpha value is -4.58. The van der Waals surface area contributed by atoms with Crippen LogP contribution in [0.3, 0.4) is 0 Å². The fourth-order valence-corrected chi connectivity index (χ4v) is 3.17. The summed E-state index contributed by atoms with van der Waals surface area (Å²) in [4.78, 5) is 25.3. The number of para-hydroxylation sites is 4. The van der Waals surface area contributed by atoms with E-state index in [9.17, 15) is 9.59 Å². The van der Waals surface area contributed by atoms with Crippen molar-refractivity contribution in [2.45, 2.75) is 6.61 Å². The van der Waals surface area contributed by atoms with Gasteiger partial charge in [0.15, 0.2) is 11.5 Å². The van der Waals surface area contributed by atoms with Gasteiger partial charge in [0.25, 0.3) is 0 Å². The molecular weight excluding hydrogens is 432 g/mol. The van der Waals surface area contributed by atoms with E-state index in [2.05, 4.69) is 0 Å². The van der Waals surface area contributed by atoms with Gasteiger partial charge in [0.1, 0.15) is 23.7 Å². The van der Waals surface area contributed by atoms with Gasteiger partial charge in [0.05, 0.1) is 12.7 Å². The molecule has 0 saturated heterocycles. The summed E-state index contributed by atoms with van der Waals surface area (Å²) in [6.45, 7) is 0.309. The topological polar surface area (TPSA) is 71.1 Å². The minimum atomic E-state index is -0.613. The molecule has 170 valence electrons. The van der Waals surface area contributed by atoms with E-state index in [1.54, 1.807) is 79.9 Å². The van der Waals surface area contributed by atoms with E-state index in [0.29, 0.717) is 29.4 Å². The van der Waals surface area contributed by atoms with E-state index >= 15 is 0 Å². The largest absolute Gasteiger partial charge is 0.493 e. The highest BCUT2D eigenvalue weighted by atomic mass is 16.6. The zero-order valence-corrected chi connectivity index (χ0v) is 18.5. The minimum Gasteiger partial charge on any atom is -0.493 e. The van der Waals surface area contributed by atoms with E-state index in [-0.39, 0.29) is 11.3 Å². The molecule has 0 aliphatic rings. The highest BCUT2D eigenvalue weighted by Gasteiger charge is 2.18. The molecule has 6 heteroatoms. The Morgan fingerprint density at radius 3 is 1.94 bits per heavy atom. The maximum absolute atomic E-state index is 12.7. The van der Waals surface area contributed by atoms with Crippen molar-refractivity contribution < 1.29 is 28.5 Å². The van der Waals surface area contributed by atoms with Crippen LogP contribution in [0.5, 0.6) is 23.0 Å². The van der Waals surface area contributed by atoms with E-state index in [0.717, 1.165) is 5.56 Å². The Labute approximate surface area is 197 Å². The van der Waals surface area contributed by atoms with Gasteiger partial charge in [-0.05, 0) is 54.1 Å². The molecule has 0 fully saturated rings. The molecule has 4 aromatic carbocycles. The number of ether oxygens (including phenoxy) is 4. The third-order valence-electron chi connectivity index (χ3n) is 4.92. The lowest BCUT2D eigenvalue weighted by atomic mass is 10.1. The first-order chi connectivity index (χ1) is 16.6. The molecule has 0 spiro atoms. The number of carbonyl (C=O) groups is 2. The van der Waals surface area contributed by atoms with Crippen LogP contribution in [0.4, 0.5) is 0 Å². The number of benzene rings is 4. The van der Waals surface area contributed by atoms with Crippen molar-refractivity contribution in [2.24, 2.45) is 0 Å². The maximum atomic E-state index is 12.7. The summed E-state index contributed by atoms with van der Waals surface area (Å²) in [5, 5.41) is 0. The number of esters is 2. The summed E-state index contributed by atoms with van der Waals surface area (Å²) in [6.07, 6.45) is 0. The average Bonchev–Trinajstić information content (AvgIpc) is 2.88. The van der Waals surface area contributed by atoms with E-state index in [1.165, 1.54) is 0 Å². The number of rotatable bonds is 8. The van der Waals surface area contributed by atoms with Crippen molar-refractivity contribution >= 4 is 11.9 Å². The van der Waals surface area contributed by atoms with Crippen LogP contribution in [0.25, 0.3) is 0 Å². The van der Waals surface area contributed by atoms with Gasteiger partial charge in [-0.3, -0.25) is 0 Å². The lowest BCUT2D eigenvalue weighted by Crippen LogP contribution is -2.14. The molecule has 6 nitrogen and oxygen atoms in total. The lowest BCUT2D eigenvalue weighted by Gasteiger charge is -2.11. The van der Waals surface area contributed by atoms with Gasteiger partial charge >= 0.3 is 11.9 Å². The second-order valence-corrected chi connectivity index (χ2v) is 7.22. The molecule has 0 unspecified atom stereocenters. The van der Waals surface area contributed by atoms with Crippen LogP contribution >= 0.6 is 0 Å². The monoisotopic (exact) mass is 454 g/mol. The fraction of sp³-hybridized carbons (Fsp3) is 0.0714. The third-order valence-corrected chi connectivity index (χ3v) is 4.92. The Kier molecular flexibility index (Phi) is 7.20. The lowest BCUT2D eigenvalue weighted by molar-refractivity contribution is 0.0707. The Morgan fingerprint density at radius 1 is 0.618 bits per heavy atom. The smallest absolute Gasteiger partial charge is 0.347 e. The zero-order chi connectivity index (χ0) is 23.8. The molecule has 0 N–H and O–H groups in total. The summed E-state index contributed by atoms with van der Waals surface area (Å²) in [6, 6.07) is 29.4. The summed E-state index contributed by atoms with van der Waals surface area (Å²) in [7, 11) is 1.59. The van der Waals surface area contributed by atoms with Crippen molar-refractivity contribution in [2.75, 3.05) is 7.11 Å². The summed E-state index contributed by atoms with van der Waals surface area (Å²) in [5.41, 5.74) is 1.36. The normalized spacial score (nSPS) is 10.3. The minimum absolute atomic E-state index is 0.122. The Morgan fingerprint density at radius 2 is 1.24 bits per heavy atom. The van der Waals surface area contributed by atoms with Gasteiger partial charge < -0.3 is 18.9 Å². The third kappa shape index (κ3) is 5.61. The van der Waals surface area contributed by atoms with Crippen LogP contribution in [0, 0.1) is 0 Å². The first-order valence-corrected chi connectivity index (χ1v) is 10.6. The predicted molar refractivity (Wildman–Crippen MR) is 127 cm³/mol. The van der Waals surface area contributed by atoms with Crippen molar-refractivity contribution in [1.82, 2.24) is 0 Å². The van der Waals surface area contributed by atoms with Crippen LogP contribution in [-0.2, 0) is 6.61 Å². The molecule has 0 atom stereocenters. The molecular formula is C28H22O6. The maximum Gasteiger partial charge on any atom is 0.347 e. The van der Waals surface area contributed by atoms with Crippen molar-refractivity contribution in [3.05, 3.63) is 120 Å². The quantitative estimate of drug-likeness (QED) is 0.251. The Balaban J connectivity index is 1.41. The van der Waals surface area contributed by atoms with Crippen LogP contribution in [0.2, 0.25) is 0 Å². The second-order valence-electron chi connectivity index (χ2n) is 7.22. The highest BCUT2D eigenvalue weighted by Crippen LogP contribution is 2.27. The van der Waals surface area contributed by atoms with Crippen LogP contribution in [-0.4, -0.2) is 19.0 Å². The molecule has 4 aromatic rings. The molecule has 0 aromatic heterocycles. The molecule has 0 heterocycles. The summed E-state index contributed by atoms with van der Waals surface area (Å²) >= 11 is 0. The van der Waals surface area contributed by atoms with Crippen LogP contribution in [0.1, 0.15) is 26.3 Å². The highest BCUT2D eigenvalue weighted by molar-refractivity contribution is 5.97. The van der Waals surface area contributed by atoms with Gasteiger partial charge in [-0.25, -0.2) is 9.59 Å². The number of hydrogen-bond donors (Lipinski definition) is 0. The molecule has 4 rings (SSSR count). The van der Waals surface area contributed by atoms with E-state index in [1.807, 2.05) is 30.3 Å². The van der Waals surface area contributed by atoms with Crippen molar-refractivity contribution in [1.29, 1.82) is 0 Å². The number of methoxy groups -OCH3 is 1. The van der Waals surface area contributed by atoms with Gasteiger partial charge in [-0.15, -0.1) is 0 Å². The Bertz CT molecular complexity index is 1270. The molecule has 34 heavy (non-hydrogen) atoms. The molecule has 0 aliphatic heterocycles. The predicted octanol–water partition coefficient (Wildman–Crippen LogP) is 5.71. The van der Waals surface area contributed by atoms with Gasteiger partial charge in [0, 0.05) is 0 Å². The molecule has 0 saturated carbocycles. The number of hydrogen-bond acceptors (Lipinski definition) is 6. The first kappa shape index (κ1) is 22.6. The standard InChI is InChI=1S/C28H22O6/c1-31-25-13-7-8-14-26(25)32-19-20-15-17-21(18-16-20)27(29)34-24-12-6-5-11-23(24)28(30)33-22-9-3-2-4-10-22/h2-18H,19H2,1H3. The first-order valence-electron chi connectivity index (χ1n) is 10.6. The molecule has 0 aliphatic carbocycles. The molecule has 0 bridgehead atoms. The van der Waals surface area contributed by atoms with Crippen molar-refractivity contribution in [3.8, 4) is 23.0 Å². The SMILES string of the molecule is COc1ccccc1OCc1ccc(C(=O)Oc2ccccc2C(=O)Oc2ccccc2)cc1. The van der Waals surface area contributed by atoms with Crippen molar-refractivity contribution in [3.63, 3.8) is 0 Å². The average molecular weight is 454 g/mol. The van der Waals surface area contributed by atoms with Crippen LogP contribution in [0.15, 0.2) is 103 Å². The number of carbonyl (C=O) groups excluding carboxylic acids is 2.